The molecule has 178 valence electrons. The number of para-hydroxylation sites is 2. The smallest absolute Gasteiger partial charge is 0.224 e. The molecule has 1 N–H and O–H groups in total. The average molecular weight is 468 g/mol. The van der Waals surface area contributed by atoms with E-state index in [9.17, 15) is 4.79 Å². The van der Waals surface area contributed by atoms with Crippen LogP contribution in [0, 0.1) is 0 Å². The molecule has 1 heterocycles. The molecule has 0 atom stereocenters. The maximum atomic E-state index is 12.2. The standard InChI is InChI=1S/C28H38ClN3O/c1-2-3-4-5-6-7-8-11-21-32-26-14-10-9-13-25(26)31-27(32)15-12-20-30-28(33)22-23-16-18-24(29)19-17-23/h9-10,13-14,16-19H,2-8,11-12,15,20-22H2,1H3,(H,30,33). The third-order valence-corrected chi connectivity index (χ3v) is 6.40. The maximum absolute atomic E-state index is 12.2. The lowest BCUT2D eigenvalue weighted by Gasteiger charge is -2.10. The number of aryl methyl sites for hydroxylation is 2. The molecule has 0 saturated carbocycles. The van der Waals surface area contributed by atoms with Gasteiger partial charge in [0.1, 0.15) is 5.82 Å². The number of carbonyl (C=O) groups excluding carboxylic acids is 1. The SMILES string of the molecule is CCCCCCCCCCn1c(CCCNC(=O)Cc2ccc(Cl)cc2)nc2ccccc21. The Morgan fingerprint density at radius 1 is 0.909 bits per heavy atom. The number of amides is 1. The van der Waals surface area contributed by atoms with Gasteiger partial charge in [-0.05, 0) is 42.7 Å². The van der Waals surface area contributed by atoms with E-state index in [1.54, 1.807) is 0 Å². The molecule has 1 aromatic heterocycles. The predicted molar refractivity (Wildman–Crippen MR) is 139 cm³/mol. The van der Waals surface area contributed by atoms with Gasteiger partial charge in [0.2, 0.25) is 5.91 Å². The number of halogens is 1. The number of rotatable bonds is 15. The largest absolute Gasteiger partial charge is 0.356 e. The van der Waals surface area contributed by atoms with Crippen molar-refractivity contribution in [2.24, 2.45) is 0 Å². The van der Waals surface area contributed by atoms with Gasteiger partial charge < -0.3 is 9.88 Å². The van der Waals surface area contributed by atoms with Crippen LogP contribution in [-0.2, 0) is 24.2 Å². The van der Waals surface area contributed by atoms with Crippen molar-refractivity contribution in [3.8, 4) is 0 Å². The van der Waals surface area contributed by atoms with Crippen LogP contribution in [0.2, 0.25) is 5.02 Å². The number of nitrogens with zero attached hydrogens (tertiary/aromatic N) is 2. The first-order chi connectivity index (χ1) is 16.2. The molecule has 0 radical (unpaired) electrons. The van der Waals surface area contributed by atoms with Gasteiger partial charge in [0.05, 0.1) is 17.5 Å². The molecule has 0 spiro atoms. The number of unbranched alkanes of at least 4 members (excludes halogenated alkanes) is 7. The van der Waals surface area contributed by atoms with Crippen molar-refractivity contribution in [2.45, 2.75) is 84.1 Å². The van der Waals surface area contributed by atoms with E-state index >= 15 is 0 Å². The van der Waals surface area contributed by atoms with Crippen molar-refractivity contribution in [1.29, 1.82) is 0 Å². The summed E-state index contributed by atoms with van der Waals surface area (Å²) in [6.45, 7) is 3.95. The summed E-state index contributed by atoms with van der Waals surface area (Å²) >= 11 is 5.91. The van der Waals surface area contributed by atoms with Crippen molar-refractivity contribution in [3.05, 3.63) is 64.9 Å². The number of fused-ring (bicyclic) bond motifs is 1. The van der Waals surface area contributed by atoms with Crippen LogP contribution in [0.15, 0.2) is 48.5 Å². The number of hydrogen-bond donors (Lipinski definition) is 1. The highest BCUT2D eigenvalue weighted by atomic mass is 35.5. The van der Waals surface area contributed by atoms with Crippen LogP contribution in [0.5, 0.6) is 0 Å². The molecule has 1 amide bonds. The van der Waals surface area contributed by atoms with E-state index in [1.807, 2.05) is 24.3 Å². The fourth-order valence-corrected chi connectivity index (χ4v) is 4.42. The summed E-state index contributed by atoms with van der Waals surface area (Å²) in [4.78, 5) is 17.1. The van der Waals surface area contributed by atoms with Gasteiger partial charge in [-0.2, -0.15) is 0 Å². The minimum atomic E-state index is 0.0461. The quantitative estimate of drug-likeness (QED) is 0.242. The fourth-order valence-electron chi connectivity index (χ4n) is 4.29. The molecular weight excluding hydrogens is 430 g/mol. The second-order valence-corrected chi connectivity index (χ2v) is 9.34. The molecule has 5 heteroatoms. The molecular formula is C28H38ClN3O. The van der Waals surface area contributed by atoms with Crippen molar-refractivity contribution < 1.29 is 4.79 Å². The molecule has 3 aromatic rings. The maximum Gasteiger partial charge on any atom is 0.224 e. The van der Waals surface area contributed by atoms with Crippen LogP contribution in [0.4, 0.5) is 0 Å². The van der Waals surface area contributed by atoms with Crippen molar-refractivity contribution in [2.75, 3.05) is 6.54 Å². The molecule has 2 aromatic carbocycles. The Balaban J connectivity index is 1.44. The Morgan fingerprint density at radius 2 is 1.61 bits per heavy atom. The summed E-state index contributed by atoms with van der Waals surface area (Å²) in [6.07, 6.45) is 12.7. The lowest BCUT2D eigenvalue weighted by Crippen LogP contribution is -2.26. The van der Waals surface area contributed by atoms with Crippen molar-refractivity contribution in [3.63, 3.8) is 0 Å². The van der Waals surface area contributed by atoms with Crippen LogP contribution < -0.4 is 5.32 Å². The molecule has 33 heavy (non-hydrogen) atoms. The fraction of sp³-hybridized carbons (Fsp3) is 0.500. The minimum absolute atomic E-state index is 0.0461. The zero-order valence-electron chi connectivity index (χ0n) is 20.0. The normalized spacial score (nSPS) is 11.2. The van der Waals surface area contributed by atoms with Gasteiger partial charge in [-0.1, -0.05) is 87.7 Å². The van der Waals surface area contributed by atoms with E-state index in [0.29, 0.717) is 18.0 Å². The van der Waals surface area contributed by atoms with E-state index < -0.39 is 0 Å². The van der Waals surface area contributed by atoms with Gasteiger partial charge in [0, 0.05) is 24.5 Å². The Morgan fingerprint density at radius 3 is 2.36 bits per heavy atom. The molecule has 4 nitrogen and oxygen atoms in total. The first-order valence-corrected chi connectivity index (χ1v) is 13.0. The molecule has 0 fully saturated rings. The first-order valence-electron chi connectivity index (χ1n) is 12.6. The number of benzene rings is 2. The van der Waals surface area contributed by atoms with Crippen LogP contribution in [0.3, 0.4) is 0 Å². The third kappa shape index (κ3) is 8.51. The molecule has 0 aliphatic rings. The van der Waals surface area contributed by atoms with Crippen LogP contribution >= 0.6 is 11.6 Å². The Hall–Kier alpha value is -2.33. The number of nitrogens with one attached hydrogen (secondary N) is 1. The van der Waals surface area contributed by atoms with E-state index in [-0.39, 0.29) is 5.91 Å². The Bertz CT molecular complexity index is 980. The summed E-state index contributed by atoms with van der Waals surface area (Å²) in [5, 5.41) is 3.73. The number of imidazole rings is 1. The highest BCUT2D eigenvalue weighted by molar-refractivity contribution is 6.30. The van der Waals surface area contributed by atoms with Gasteiger partial charge in [0.15, 0.2) is 0 Å². The lowest BCUT2D eigenvalue weighted by atomic mass is 10.1. The van der Waals surface area contributed by atoms with Gasteiger partial charge in [-0.25, -0.2) is 4.98 Å². The first kappa shape index (κ1) is 25.3. The highest BCUT2D eigenvalue weighted by Gasteiger charge is 2.10. The third-order valence-electron chi connectivity index (χ3n) is 6.15. The highest BCUT2D eigenvalue weighted by Crippen LogP contribution is 2.19. The molecule has 0 aliphatic carbocycles. The van der Waals surface area contributed by atoms with Gasteiger partial charge in [-0.3, -0.25) is 4.79 Å². The number of hydrogen-bond acceptors (Lipinski definition) is 2. The van der Waals surface area contributed by atoms with Crippen molar-refractivity contribution >= 4 is 28.5 Å². The zero-order chi connectivity index (χ0) is 23.3. The van der Waals surface area contributed by atoms with Crippen LogP contribution in [0.1, 0.15) is 76.1 Å². The summed E-state index contributed by atoms with van der Waals surface area (Å²) < 4.78 is 2.39. The molecule has 0 aliphatic heterocycles. The second kappa shape index (κ2) is 14.0. The molecule has 0 unspecified atom stereocenters. The molecule has 0 bridgehead atoms. The predicted octanol–water partition coefficient (Wildman–Crippen LogP) is 7.12. The zero-order valence-corrected chi connectivity index (χ0v) is 20.7. The summed E-state index contributed by atoms with van der Waals surface area (Å²) in [5.74, 6) is 1.18. The van der Waals surface area contributed by atoms with Gasteiger partial charge >= 0.3 is 0 Å². The van der Waals surface area contributed by atoms with Gasteiger partial charge in [-0.15, -0.1) is 0 Å². The van der Waals surface area contributed by atoms with Gasteiger partial charge in [0.25, 0.3) is 0 Å². The topological polar surface area (TPSA) is 46.9 Å². The van der Waals surface area contributed by atoms with E-state index in [0.717, 1.165) is 36.3 Å². The Kier molecular flexibility index (Phi) is 10.8. The monoisotopic (exact) mass is 467 g/mol. The van der Waals surface area contributed by atoms with Crippen LogP contribution in [-0.4, -0.2) is 22.0 Å². The average Bonchev–Trinajstić information content (AvgIpc) is 3.17. The minimum Gasteiger partial charge on any atom is -0.356 e. The van der Waals surface area contributed by atoms with E-state index in [2.05, 4.69) is 41.1 Å². The lowest BCUT2D eigenvalue weighted by molar-refractivity contribution is -0.120. The number of aromatic nitrogens is 2. The van der Waals surface area contributed by atoms with E-state index in [4.69, 9.17) is 16.6 Å². The molecule has 3 rings (SSSR count). The van der Waals surface area contributed by atoms with Crippen molar-refractivity contribution in [1.82, 2.24) is 14.9 Å². The number of carbonyl (C=O) groups is 1. The summed E-state index contributed by atoms with van der Waals surface area (Å²) in [7, 11) is 0. The van der Waals surface area contributed by atoms with E-state index in [1.165, 1.54) is 56.9 Å². The Labute approximate surface area is 203 Å². The summed E-state index contributed by atoms with van der Waals surface area (Å²) in [6, 6.07) is 15.8. The second-order valence-electron chi connectivity index (χ2n) is 8.90. The van der Waals surface area contributed by atoms with Crippen LogP contribution in [0.25, 0.3) is 11.0 Å². The summed E-state index contributed by atoms with van der Waals surface area (Å²) in [5.41, 5.74) is 3.27. The molecule has 0 saturated heterocycles.